The molecule has 0 saturated carbocycles. The van der Waals surface area contributed by atoms with Gasteiger partial charge in [-0.15, -0.1) is 0 Å². The first-order valence-corrected chi connectivity index (χ1v) is 7.42. The van der Waals surface area contributed by atoms with Crippen molar-refractivity contribution in [2.24, 2.45) is 0 Å². The molecule has 0 saturated heterocycles. The lowest BCUT2D eigenvalue weighted by atomic mass is 9.78. The normalized spacial score (nSPS) is 22.2. The van der Waals surface area contributed by atoms with Crippen LogP contribution in [0.15, 0.2) is 36.5 Å². The Bertz CT molecular complexity index is 723. The highest BCUT2D eigenvalue weighted by Crippen LogP contribution is 2.47. The summed E-state index contributed by atoms with van der Waals surface area (Å²) in [6.07, 6.45) is 1.77. The number of hydrogen-bond acceptors (Lipinski definition) is 2. The van der Waals surface area contributed by atoms with Crippen LogP contribution in [0.1, 0.15) is 47.8 Å². The minimum atomic E-state index is -2.92. The summed E-state index contributed by atoms with van der Waals surface area (Å²) in [4.78, 5) is 4.38. The molecule has 1 aliphatic rings. The third kappa shape index (κ3) is 2.13. The van der Waals surface area contributed by atoms with E-state index in [0.717, 1.165) is 16.8 Å². The van der Waals surface area contributed by atoms with E-state index in [2.05, 4.69) is 10.3 Å². The predicted molar refractivity (Wildman–Crippen MR) is 83.1 cm³/mol. The third-order valence-electron chi connectivity index (χ3n) is 4.59. The molecule has 1 aliphatic heterocycles. The minimum Gasteiger partial charge on any atom is -0.295 e. The summed E-state index contributed by atoms with van der Waals surface area (Å²) in [6, 6.07) is 8.51. The van der Waals surface area contributed by atoms with Crippen molar-refractivity contribution in [2.45, 2.75) is 45.2 Å². The Labute approximate surface area is 129 Å². The van der Waals surface area contributed by atoms with E-state index in [-0.39, 0.29) is 11.6 Å². The first kappa shape index (κ1) is 15.1. The van der Waals surface area contributed by atoms with Crippen molar-refractivity contribution in [3.05, 3.63) is 64.5 Å². The van der Waals surface area contributed by atoms with Gasteiger partial charge in [-0.1, -0.05) is 30.3 Å². The van der Waals surface area contributed by atoms with E-state index in [4.69, 9.17) is 0 Å². The second-order valence-electron chi connectivity index (χ2n) is 6.53. The van der Waals surface area contributed by atoms with Crippen molar-refractivity contribution in [1.29, 1.82) is 0 Å². The average molecular weight is 302 g/mol. The number of alkyl halides is 2. The van der Waals surface area contributed by atoms with Crippen molar-refractivity contribution >= 4 is 0 Å². The van der Waals surface area contributed by atoms with Crippen LogP contribution in [0.2, 0.25) is 0 Å². The second kappa shape index (κ2) is 4.85. The number of nitrogens with zero attached hydrogens (tertiary/aromatic N) is 1. The van der Waals surface area contributed by atoms with Crippen molar-refractivity contribution in [3.63, 3.8) is 0 Å². The van der Waals surface area contributed by atoms with Gasteiger partial charge in [0.15, 0.2) is 0 Å². The maximum Gasteiger partial charge on any atom is 0.290 e. The van der Waals surface area contributed by atoms with E-state index in [0.29, 0.717) is 5.56 Å². The zero-order valence-electron chi connectivity index (χ0n) is 13.2. The maximum atomic E-state index is 14.7. The van der Waals surface area contributed by atoms with Gasteiger partial charge in [0.2, 0.25) is 0 Å². The smallest absolute Gasteiger partial charge is 0.290 e. The van der Waals surface area contributed by atoms with E-state index >= 15 is 0 Å². The molecule has 2 nitrogen and oxygen atoms in total. The van der Waals surface area contributed by atoms with Gasteiger partial charge < -0.3 is 0 Å². The standard InChI is InChI=1S/C18H20F2N2/c1-11-9-13(10-21-12(11)2)16-14-7-5-6-8-15(14)18(19,20)17(3,4)22-16/h5-10,16,22H,1-4H3. The molecular formula is C18H20F2N2. The summed E-state index contributed by atoms with van der Waals surface area (Å²) in [5.74, 6) is -2.92. The molecule has 116 valence electrons. The Hall–Kier alpha value is -1.81. The van der Waals surface area contributed by atoms with Crippen LogP contribution in [0.4, 0.5) is 8.78 Å². The van der Waals surface area contributed by atoms with Crippen molar-refractivity contribution < 1.29 is 8.78 Å². The number of aryl methyl sites for hydroxylation is 2. The molecule has 1 unspecified atom stereocenters. The third-order valence-corrected chi connectivity index (χ3v) is 4.59. The lowest BCUT2D eigenvalue weighted by Gasteiger charge is -2.44. The molecule has 0 radical (unpaired) electrons. The number of fused-ring (bicyclic) bond motifs is 1. The fraction of sp³-hybridized carbons (Fsp3) is 0.389. The van der Waals surface area contributed by atoms with Gasteiger partial charge in [-0.2, -0.15) is 8.78 Å². The molecule has 1 aromatic heterocycles. The summed E-state index contributed by atoms with van der Waals surface area (Å²) < 4.78 is 29.5. The van der Waals surface area contributed by atoms with Gasteiger partial charge in [0.1, 0.15) is 0 Å². The number of benzene rings is 1. The van der Waals surface area contributed by atoms with Gasteiger partial charge in [-0.25, -0.2) is 0 Å². The highest BCUT2D eigenvalue weighted by Gasteiger charge is 2.54. The van der Waals surface area contributed by atoms with Crippen LogP contribution < -0.4 is 5.32 Å². The molecule has 2 aromatic rings. The van der Waals surface area contributed by atoms with E-state index < -0.39 is 11.5 Å². The minimum absolute atomic E-state index is 0.0991. The molecule has 1 aromatic carbocycles. The summed E-state index contributed by atoms with van der Waals surface area (Å²) in [6.45, 7) is 7.02. The number of rotatable bonds is 1. The quantitative estimate of drug-likeness (QED) is 0.851. The highest BCUT2D eigenvalue weighted by molar-refractivity contribution is 5.44. The summed E-state index contributed by atoms with van der Waals surface area (Å²) in [5.41, 5.74) is 2.33. The van der Waals surface area contributed by atoms with E-state index in [1.54, 1.807) is 38.2 Å². The van der Waals surface area contributed by atoms with Gasteiger partial charge >= 0.3 is 0 Å². The molecule has 0 aliphatic carbocycles. The first-order chi connectivity index (χ1) is 10.2. The largest absolute Gasteiger partial charge is 0.295 e. The van der Waals surface area contributed by atoms with Crippen LogP contribution in [0, 0.1) is 13.8 Å². The lowest BCUT2D eigenvalue weighted by Crippen LogP contribution is -2.57. The molecule has 3 rings (SSSR count). The number of nitrogens with one attached hydrogen (secondary N) is 1. The summed E-state index contributed by atoms with van der Waals surface area (Å²) >= 11 is 0. The van der Waals surface area contributed by atoms with Crippen LogP contribution in [-0.2, 0) is 5.92 Å². The van der Waals surface area contributed by atoms with Crippen LogP contribution in [0.5, 0.6) is 0 Å². The fourth-order valence-electron chi connectivity index (χ4n) is 2.99. The Kier molecular flexibility index (Phi) is 3.33. The Morgan fingerprint density at radius 2 is 1.82 bits per heavy atom. The van der Waals surface area contributed by atoms with E-state index in [1.807, 2.05) is 19.9 Å². The number of aromatic nitrogens is 1. The number of pyridine rings is 1. The average Bonchev–Trinajstić information content (AvgIpc) is 2.46. The van der Waals surface area contributed by atoms with Crippen LogP contribution in [-0.4, -0.2) is 10.5 Å². The molecule has 0 fully saturated rings. The van der Waals surface area contributed by atoms with Gasteiger partial charge in [0.25, 0.3) is 5.92 Å². The van der Waals surface area contributed by atoms with Gasteiger partial charge in [-0.05, 0) is 44.4 Å². The number of hydrogen-bond donors (Lipinski definition) is 1. The topological polar surface area (TPSA) is 24.9 Å². The molecule has 2 heterocycles. The summed E-state index contributed by atoms with van der Waals surface area (Å²) in [5, 5.41) is 3.11. The highest BCUT2D eigenvalue weighted by atomic mass is 19.3. The van der Waals surface area contributed by atoms with Crippen LogP contribution in [0.3, 0.4) is 0 Å². The van der Waals surface area contributed by atoms with Crippen molar-refractivity contribution in [2.75, 3.05) is 0 Å². The monoisotopic (exact) mass is 302 g/mol. The lowest BCUT2D eigenvalue weighted by molar-refractivity contribution is -0.0951. The summed E-state index contributed by atoms with van der Waals surface area (Å²) in [7, 11) is 0. The Balaban J connectivity index is 2.19. The van der Waals surface area contributed by atoms with Gasteiger partial charge in [0, 0.05) is 17.5 Å². The molecule has 1 N–H and O–H groups in total. The molecule has 0 spiro atoms. The number of halogens is 2. The van der Waals surface area contributed by atoms with Crippen LogP contribution >= 0.6 is 0 Å². The van der Waals surface area contributed by atoms with Gasteiger partial charge in [0.05, 0.1) is 11.6 Å². The SMILES string of the molecule is Cc1cc(C2NC(C)(C)C(F)(F)c3ccccc32)cnc1C. The Morgan fingerprint density at radius 3 is 2.50 bits per heavy atom. The van der Waals surface area contributed by atoms with Crippen LogP contribution in [0.25, 0.3) is 0 Å². The van der Waals surface area contributed by atoms with Crippen molar-refractivity contribution in [1.82, 2.24) is 10.3 Å². The zero-order valence-corrected chi connectivity index (χ0v) is 13.2. The first-order valence-electron chi connectivity index (χ1n) is 7.42. The zero-order chi connectivity index (χ0) is 16.1. The molecule has 0 amide bonds. The molecule has 0 bridgehead atoms. The molecule has 1 atom stereocenters. The molecular weight excluding hydrogens is 282 g/mol. The van der Waals surface area contributed by atoms with Gasteiger partial charge in [-0.3, -0.25) is 10.3 Å². The molecule has 22 heavy (non-hydrogen) atoms. The second-order valence-corrected chi connectivity index (χ2v) is 6.53. The predicted octanol–water partition coefficient (Wildman–Crippen LogP) is 4.26. The molecule has 4 heteroatoms. The van der Waals surface area contributed by atoms with E-state index in [1.165, 1.54) is 6.07 Å². The Morgan fingerprint density at radius 1 is 1.14 bits per heavy atom. The van der Waals surface area contributed by atoms with Crippen molar-refractivity contribution in [3.8, 4) is 0 Å². The van der Waals surface area contributed by atoms with E-state index in [9.17, 15) is 8.78 Å². The fourth-order valence-corrected chi connectivity index (χ4v) is 2.99. The maximum absolute atomic E-state index is 14.7.